The maximum Gasteiger partial charge on any atom is 0.152 e. The highest BCUT2D eigenvalue weighted by Gasteiger charge is 2.19. The lowest BCUT2D eigenvalue weighted by Crippen LogP contribution is -2.13. The third kappa shape index (κ3) is 3.01. The van der Waals surface area contributed by atoms with Gasteiger partial charge in [-0.05, 0) is 36.4 Å². The van der Waals surface area contributed by atoms with E-state index in [2.05, 4.69) is 15.9 Å². The van der Waals surface area contributed by atoms with E-state index in [4.69, 9.17) is 0 Å². The highest BCUT2D eigenvalue weighted by Crippen LogP contribution is 2.38. The van der Waals surface area contributed by atoms with Crippen LogP contribution in [0.15, 0.2) is 77.3 Å². The Bertz CT molecular complexity index is 824. The second-order valence-electron chi connectivity index (χ2n) is 5.14. The number of rotatable bonds is 5. The Morgan fingerprint density at radius 2 is 1.17 bits per heavy atom. The second-order valence-corrected chi connectivity index (χ2v) is 5.99. The molecule has 0 amide bonds. The molecule has 0 aliphatic heterocycles. The number of carbonyl (C=O) groups is 2. The molecule has 0 aliphatic carbocycles. The smallest absolute Gasteiger partial charge is 0.152 e. The van der Waals surface area contributed by atoms with E-state index in [0.717, 1.165) is 17.7 Å². The Kier molecular flexibility index (Phi) is 4.87. The fourth-order valence-corrected chi connectivity index (χ4v) is 3.06. The standard InChI is InChI=1S/C20H14BrNO2/c21-19-11-12-20(18(14-24)17(19)13-23)22(15-7-3-1-4-8-15)16-9-5-2-6-10-16/h1-14H. The van der Waals surface area contributed by atoms with Crippen molar-refractivity contribution in [2.75, 3.05) is 4.90 Å². The predicted molar refractivity (Wildman–Crippen MR) is 99.6 cm³/mol. The van der Waals surface area contributed by atoms with Crippen LogP contribution < -0.4 is 4.90 Å². The fraction of sp³-hybridized carbons (Fsp3) is 0. The van der Waals surface area contributed by atoms with Crippen LogP contribution in [0.25, 0.3) is 0 Å². The van der Waals surface area contributed by atoms with Gasteiger partial charge >= 0.3 is 0 Å². The zero-order valence-electron chi connectivity index (χ0n) is 12.7. The zero-order valence-corrected chi connectivity index (χ0v) is 14.3. The van der Waals surface area contributed by atoms with Gasteiger partial charge < -0.3 is 4.90 Å². The molecule has 3 aromatic carbocycles. The van der Waals surface area contributed by atoms with E-state index < -0.39 is 0 Å². The van der Waals surface area contributed by atoms with Crippen molar-refractivity contribution in [3.8, 4) is 0 Å². The third-order valence-electron chi connectivity index (χ3n) is 3.72. The number of aldehydes is 2. The quantitative estimate of drug-likeness (QED) is 0.545. The van der Waals surface area contributed by atoms with Crippen molar-refractivity contribution in [2.45, 2.75) is 0 Å². The van der Waals surface area contributed by atoms with E-state index in [9.17, 15) is 9.59 Å². The first-order chi connectivity index (χ1) is 11.8. The Balaban J connectivity index is 2.28. The summed E-state index contributed by atoms with van der Waals surface area (Å²) in [5, 5.41) is 0. The largest absolute Gasteiger partial charge is 0.310 e. The van der Waals surface area contributed by atoms with Gasteiger partial charge in [-0.1, -0.05) is 52.3 Å². The molecule has 3 nitrogen and oxygen atoms in total. The van der Waals surface area contributed by atoms with Gasteiger partial charge in [0.25, 0.3) is 0 Å². The fourth-order valence-electron chi connectivity index (χ4n) is 2.62. The predicted octanol–water partition coefficient (Wildman–Crippen LogP) is 5.54. The average molecular weight is 380 g/mol. The Morgan fingerprint density at radius 3 is 1.62 bits per heavy atom. The molecule has 4 heteroatoms. The minimum Gasteiger partial charge on any atom is -0.310 e. The number of halogens is 1. The summed E-state index contributed by atoms with van der Waals surface area (Å²) in [4.78, 5) is 25.1. The van der Waals surface area contributed by atoms with Gasteiger partial charge in [0.05, 0.1) is 11.3 Å². The lowest BCUT2D eigenvalue weighted by atomic mass is 10.0. The number of hydrogen-bond donors (Lipinski definition) is 0. The number of benzene rings is 3. The van der Waals surface area contributed by atoms with Crippen molar-refractivity contribution in [3.63, 3.8) is 0 Å². The van der Waals surface area contributed by atoms with Crippen LogP contribution in [0.2, 0.25) is 0 Å². The molecule has 0 fully saturated rings. The Labute approximate surface area is 148 Å². The van der Waals surface area contributed by atoms with E-state index in [0.29, 0.717) is 27.6 Å². The molecular weight excluding hydrogens is 366 g/mol. The van der Waals surface area contributed by atoms with Crippen molar-refractivity contribution < 1.29 is 9.59 Å². The third-order valence-corrected chi connectivity index (χ3v) is 4.41. The van der Waals surface area contributed by atoms with Crippen molar-refractivity contribution >= 4 is 45.6 Å². The van der Waals surface area contributed by atoms with Gasteiger partial charge in [0.15, 0.2) is 12.6 Å². The number of carbonyl (C=O) groups excluding carboxylic acids is 2. The molecule has 0 spiro atoms. The van der Waals surface area contributed by atoms with E-state index >= 15 is 0 Å². The van der Waals surface area contributed by atoms with Crippen LogP contribution in [0.5, 0.6) is 0 Å². The van der Waals surface area contributed by atoms with Crippen molar-refractivity contribution in [3.05, 3.63) is 88.4 Å². The highest BCUT2D eigenvalue weighted by atomic mass is 79.9. The summed E-state index contributed by atoms with van der Waals surface area (Å²) in [6, 6.07) is 23.1. The minimum absolute atomic E-state index is 0.347. The SMILES string of the molecule is O=Cc1c(Br)ccc(N(c2ccccc2)c2ccccc2)c1C=O. The molecule has 0 heterocycles. The van der Waals surface area contributed by atoms with Gasteiger partial charge in [-0.25, -0.2) is 0 Å². The van der Waals surface area contributed by atoms with Gasteiger partial charge in [0, 0.05) is 21.4 Å². The molecule has 0 N–H and O–H groups in total. The molecule has 0 radical (unpaired) electrons. The van der Waals surface area contributed by atoms with E-state index in [1.807, 2.05) is 71.6 Å². The molecule has 3 rings (SSSR count). The number of nitrogens with zero attached hydrogens (tertiary/aromatic N) is 1. The lowest BCUT2D eigenvalue weighted by Gasteiger charge is -2.27. The molecule has 0 atom stereocenters. The van der Waals surface area contributed by atoms with Gasteiger partial charge in [-0.2, -0.15) is 0 Å². The Hall–Kier alpha value is -2.72. The summed E-state index contributed by atoms with van der Waals surface area (Å²) >= 11 is 3.34. The maximum atomic E-state index is 11.7. The molecule has 0 saturated heterocycles. The lowest BCUT2D eigenvalue weighted by molar-refractivity contribution is 0.109. The topological polar surface area (TPSA) is 37.4 Å². The van der Waals surface area contributed by atoms with Gasteiger partial charge in [-0.3, -0.25) is 9.59 Å². The van der Waals surface area contributed by atoms with Crippen LogP contribution in [0.4, 0.5) is 17.1 Å². The van der Waals surface area contributed by atoms with E-state index in [1.54, 1.807) is 6.07 Å². The van der Waals surface area contributed by atoms with E-state index in [-0.39, 0.29) is 0 Å². The molecule has 0 saturated carbocycles. The Morgan fingerprint density at radius 1 is 0.667 bits per heavy atom. The van der Waals surface area contributed by atoms with Crippen LogP contribution in [0, 0.1) is 0 Å². The molecule has 0 aliphatic rings. The highest BCUT2D eigenvalue weighted by molar-refractivity contribution is 9.10. The maximum absolute atomic E-state index is 11.7. The summed E-state index contributed by atoms with van der Waals surface area (Å²) in [7, 11) is 0. The monoisotopic (exact) mass is 379 g/mol. The molecular formula is C20H14BrNO2. The molecule has 0 unspecified atom stereocenters. The number of hydrogen-bond acceptors (Lipinski definition) is 3. The van der Waals surface area contributed by atoms with Crippen LogP contribution in [-0.2, 0) is 0 Å². The van der Waals surface area contributed by atoms with Crippen molar-refractivity contribution in [2.24, 2.45) is 0 Å². The summed E-state index contributed by atoms with van der Waals surface area (Å²) < 4.78 is 0.601. The minimum atomic E-state index is 0.347. The average Bonchev–Trinajstić information content (AvgIpc) is 2.64. The van der Waals surface area contributed by atoms with Gasteiger partial charge in [-0.15, -0.1) is 0 Å². The molecule has 3 aromatic rings. The van der Waals surface area contributed by atoms with Crippen LogP contribution in [0.1, 0.15) is 20.7 Å². The second kappa shape index (κ2) is 7.23. The first-order valence-electron chi connectivity index (χ1n) is 7.39. The van der Waals surface area contributed by atoms with Crippen molar-refractivity contribution in [1.82, 2.24) is 0 Å². The van der Waals surface area contributed by atoms with Crippen molar-refractivity contribution in [1.29, 1.82) is 0 Å². The summed E-state index contributed by atoms with van der Waals surface area (Å²) in [5.74, 6) is 0. The molecule has 0 bridgehead atoms. The normalized spacial score (nSPS) is 10.2. The summed E-state index contributed by atoms with van der Waals surface area (Å²) in [5.41, 5.74) is 3.18. The molecule has 24 heavy (non-hydrogen) atoms. The first-order valence-corrected chi connectivity index (χ1v) is 8.18. The summed E-state index contributed by atoms with van der Waals surface area (Å²) in [6.45, 7) is 0. The van der Waals surface area contributed by atoms with Crippen LogP contribution >= 0.6 is 15.9 Å². The summed E-state index contributed by atoms with van der Waals surface area (Å²) in [6.07, 6.45) is 1.42. The molecule has 118 valence electrons. The van der Waals surface area contributed by atoms with Gasteiger partial charge in [0.2, 0.25) is 0 Å². The van der Waals surface area contributed by atoms with Crippen LogP contribution in [-0.4, -0.2) is 12.6 Å². The molecule has 0 aromatic heterocycles. The van der Waals surface area contributed by atoms with Crippen LogP contribution in [0.3, 0.4) is 0 Å². The zero-order chi connectivity index (χ0) is 16.9. The van der Waals surface area contributed by atoms with E-state index in [1.165, 1.54) is 0 Å². The first kappa shape index (κ1) is 16.1. The number of anilines is 3. The van der Waals surface area contributed by atoms with Gasteiger partial charge in [0.1, 0.15) is 0 Å². The number of para-hydroxylation sites is 2.